The predicted octanol–water partition coefficient (Wildman–Crippen LogP) is 2.97. The summed E-state index contributed by atoms with van der Waals surface area (Å²) in [5.74, 6) is -1.20. The highest BCUT2D eigenvalue weighted by Gasteiger charge is 2.28. The average Bonchev–Trinajstić information content (AvgIpc) is 3.17. The number of nitrogens with one attached hydrogen (secondary N) is 2. The number of ether oxygens (including phenoxy) is 2. The fourth-order valence-corrected chi connectivity index (χ4v) is 3.72. The normalized spacial score (nSPS) is 14.9. The molecule has 2 aromatic rings. The largest absolute Gasteiger partial charge is 0.461 e. The number of fused-ring (bicyclic) bond motifs is 1. The molecule has 2 atom stereocenters. The van der Waals surface area contributed by atoms with Gasteiger partial charge in [0.15, 0.2) is 0 Å². The van der Waals surface area contributed by atoms with Gasteiger partial charge in [0.2, 0.25) is 0 Å². The van der Waals surface area contributed by atoms with Gasteiger partial charge >= 0.3 is 5.97 Å². The molecule has 32 heavy (non-hydrogen) atoms. The Bertz CT molecular complexity index is 968. The van der Waals surface area contributed by atoms with Crippen LogP contribution in [0.5, 0.6) is 0 Å². The lowest BCUT2D eigenvalue weighted by Gasteiger charge is -2.21. The summed E-state index contributed by atoms with van der Waals surface area (Å²) in [5.41, 5.74) is 2.40. The quantitative estimate of drug-likeness (QED) is 0.614. The van der Waals surface area contributed by atoms with Crippen molar-refractivity contribution in [3.63, 3.8) is 0 Å². The van der Waals surface area contributed by atoms with Crippen LogP contribution in [-0.2, 0) is 27.4 Å². The van der Waals surface area contributed by atoms with Crippen LogP contribution in [0.3, 0.4) is 0 Å². The molecule has 1 aromatic heterocycles. The van der Waals surface area contributed by atoms with Crippen LogP contribution in [0.2, 0.25) is 0 Å². The molecule has 2 heterocycles. The van der Waals surface area contributed by atoms with E-state index in [2.05, 4.69) is 10.6 Å². The molecule has 1 aliphatic heterocycles. The molecule has 3 rings (SSSR count). The van der Waals surface area contributed by atoms with E-state index in [9.17, 15) is 14.4 Å². The van der Waals surface area contributed by atoms with Crippen molar-refractivity contribution >= 4 is 17.8 Å². The molecule has 0 saturated carbocycles. The lowest BCUT2D eigenvalue weighted by molar-refractivity contribution is -0.149. The van der Waals surface area contributed by atoms with Crippen LogP contribution in [0, 0.1) is 0 Å². The summed E-state index contributed by atoms with van der Waals surface area (Å²) in [4.78, 5) is 38.2. The number of aromatic nitrogens is 1. The predicted molar refractivity (Wildman–Crippen MR) is 119 cm³/mol. The topological polar surface area (TPSA) is 98.7 Å². The molecule has 0 bridgehead atoms. The Morgan fingerprint density at radius 1 is 1.09 bits per heavy atom. The van der Waals surface area contributed by atoms with Gasteiger partial charge in [0.25, 0.3) is 11.8 Å². The summed E-state index contributed by atoms with van der Waals surface area (Å²) >= 11 is 0. The number of carbonyl (C=O) groups is 3. The van der Waals surface area contributed by atoms with Gasteiger partial charge in [0.1, 0.15) is 11.7 Å². The highest BCUT2D eigenvalue weighted by Crippen LogP contribution is 2.23. The van der Waals surface area contributed by atoms with Gasteiger partial charge < -0.3 is 24.7 Å². The minimum atomic E-state index is -0.810. The zero-order valence-corrected chi connectivity index (χ0v) is 19.0. The lowest BCUT2D eigenvalue weighted by Crippen LogP contribution is -2.41. The molecule has 1 aromatic carbocycles. The summed E-state index contributed by atoms with van der Waals surface area (Å²) in [6.07, 6.45) is 0.456. The fourth-order valence-electron chi connectivity index (χ4n) is 3.72. The molecule has 8 nitrogen and oxygen atoms in total. The average molecular weight is 442 g/mol. The van der Waals surface area contributed by atoms with E-state index < -0.39 is 17.9 Å². The van der Waals surface area contributed by atoms with E-state index in [1.165, 1.54) is 0 Å². The summed E-state index contributed by atoms with van der Waals surface area (Å²) in [7, 11) is 0. The molecule has 0 saturated heterocycles. The third kappa shape index (κ3) is 5.37. The number of nitrogens with zero attached hydrogens (tertiary/aromatic N) is 1. The van der Waals surface area contributed by atoms with Gasteiger partial charge in [-0.15, -0.1) is 0 Å². The third-order valence-corrected chi connectivity index (χ3v) is 5.35. The Morgan fingerprint density at radius 3 is 2.47 bits per heavy atom. The summed E-state index contributed by atoms with van der Waals surface area (Å²) in [5, 5.41) is 5.74. The van der Waals surface area contributed by atoms with Crippen LogP contribution in [0.25, 0.3) is 0 Å². The molecule has 0 radical (unpaired) electrons. The van der Waals surface area contributed by atoms with Gasteiger partial charge in [-0.2, -0.15) is 0 Å². The standard InChI is InChI=1S/C24H31N3O5/c1-5-19(17-9-7-6-8-10-17)26-22(28)18-13-20(27-11-12-31-14-21(18)27)23(29)25-16(4)24(30)32-15(2)3/h6-10,13,15-16,19H,5,11-12,14H2,1-4H3,(H,25,29)(H,26,28)/t16-,19+/m0/s1. The number of hydrogen-bond donors (Lipinski definition) is 2. The van der Waals surface area contributed by atoms with Crippen LogP contribution in [0.4, 0.5) is 0 Å². The first kappa shape index (κ1) is 23.5. The molecule has 2 amide bonds. The SMILES string of the molecule is CC[C@@H](NC(=O)c1cc(C(=O)N[C@@H](C)C(=O)OC(C)C)n2c1COCC2)c1ccccc1. The van der Waals surface area contributed by atoms with E-state index in [1.54, 1.807) is 31.4 Å². The highest BCUT2D eigenvalue weighted by atomic mass is 16.5. The number of amides is 2. The van der Waals surface area contributed by atoms with Crippen LogP contribution in [0.15, 0.2) is 36.4 Å². The molecule has 8 heteroatoms. The summed E-state index contributed by atoms with van der Waals surface area (Å²) in [6.45, 7) is 8.21. The first-order chi connectivity index (χ1) is 15.3. The van der Waals surface area contributed by atoms with Crippen molar-refractivity contribution in [1.29, 1.82) is 0 Å². The lowest BCUT2D eigenvalue weighted by atomic mass is 10.0. The van der Waals surface area contributed by atoms with E-state index in [0.717, 1.165) is 12.0 Å². The Labute approximate surface area is 188 Å². The molecule has 172 valence electrons. The van der Waals surface area contributed by atoms with Crippen molar-refractivity contribution in [3.8, 4) is 0 Å². The zero-order chi connectivity index (χ0) is 23.3. The van der Waals surface area contributed by atoms with Gasteiger partial charge in [-0.25, -0.2) is 4.79 Å². The Kier molecular flexibility index (Phi) is 7.69. The van der Waals surface area contributed by atoms with E-state index in [1.807, 2.05) is 37.3 Å². The Balaban J connectivity index is 1.81. The number of esters is 1. The second-order valence-corrected chi connectivity index (χ2v) is 8.12. The molecule has 0 fully saturated rings. The number of benzene rings is 1. The van der Waals surface area contributed by atoms with E-state index in [0.29, 0.717) is 30.1 Å². The van der Waals surface area contributed by atoms with Crippen LogP contribution < -0.4 is 10.6 Å². The van der Waals surface area contributed by atoms with E-state index in [-0.39, 0.29) is 24.7 Å². The maximum Gasteiger partial charge on any atom is 0.328 e. The minimum absolute atomic E-state index is 0.146. The summed E-state index contributed by atoms with van der Waals surface area (Å²) < 4.78 is 12.5. The Hall–Kier alpha value is -3.13. The second kappa shape index (κ2) is 10.5. The Morgan fingerprint density at radius 2 is 1.81 bits per heavy atom. The van der Waals surface area contributed by atoms with Crippen LogP contribution >= 0.6 is 0 Å². The molecule has 0 spiro atoms. The van der Waals surface area contributed by atoms with Gasteiger partial charge in [0.05, 0.1) is 36.6 Å². The fraction of sp³-hybridized carbons (Fsp3) is 0.458. The van der Waals surface area contributed by atoms with Gasteiger partial charge in [-0.05, 0) is 38.8 Å². The minimum Gasteiger partial charge on any atom is -0.461 e. The van der Waals surface area contributed by atoms with Crippen molar-refractivity contribution in [1.82, 2.24) is 15.2 Å². The summed E-state index contributed by atoms with van der Waals surface area (Å²) in [6, 6.07) is 10.4. The molecular weight excluding hydrogens is 410 g/mol. The van der Waals surface area contributed by atoms with Crippen LogP contribution in [0.1, 0.15) is 72.3 Å². The third-order valence-electron chi connectivity index (χ3n) is 5.35. The van der Waals surface area contributed by atoms with E-state index >= 15 is 0 Å². The highest BCUT2D eigenvalue weighted by molar-refractivity contribution is 6.01. The first-order valence-electron chi connectivity index (χ1n) is 11.0. The van der Waals surface area contributed by atoms with Crippen molar-refractivity contribution < 1.29 is 23.9 Å². The monoisotopic (exact) mass is 441 g/mol. The van der Waals surface area contributed by atoms with Crippen molar-refractivity contribution in [2.45, 2.75) is 65.5 Å². The van der Waals surface area contributed by atoms with Crippen LogP contribution in [-0.4, -0.2) is 41.1 Å². The molecule has 0 aliphatic carbocycles. The van der Waals surface area contributed by atoms with Gasteiger partial charge in [-0.3, -0.25) is 9.59 Å². The van der Waals surface area contributed by atoms with Gasteiger partial charge in [-0.1, -0.05) is 37.3 Å². The molecule has 2 N–H and O–H groups in total. The number of carbonyl (C=O) groups excluding carboxylic acids is 3. The zero-order valence-electron chi connectivity index (χ0n) is 19.0. The number of rotatable bonds is 8. The number of hydrogen-bond acceptors (Lipinski definition) is 5. The van der Waals surface area contributed by atoms with Crippen molar-refractivity contribution in [3.05, 3.63) is 58.9 Å². The maximum atomic E-state index is 13.2. The molecule has 1 aliphatic rings. The van der Waals surface area contributed by atoms with Crippen molar-refractivity contribution in [2.75, 3.05) is 6.61 Å². The van der Waals surface area contributed by atoms with Crippen molar-refractivity contribution in [2.24, 2.45) is 0 Å². The van der Waals surface area contributed by atoms with Gasteiger partial charge in [0, 0.05) is 6.54 Å². The van der Waals surface area contributed by atoms with E-state index in [4.69, 9.17) is 9.47 Å². The smallest absolute Gasteiger partial charge is 0.328 e. The first-order valence-corrected chi connectivity index (χ1v) is 11.0. The molecule has 0 unspecified atom stereocenters. The second-order valence-electron chi connectivity index (χ2n) is 8.12. The molecular formula is C24H31N3O5. The maximum absolute atomic E-state index is 13.2.